The van der Waals surface area contributed by atoms with Gasteiger partial charge < -0.3 is 4.74 Å². The van der Waals surface area contributed by atoms with Crippen molar-refractivity contribution < 1.29 is 9.53 Å². The second-order valence-electron chi connectivity index (χ2n) is 6.32. The molecule has 0 spiro atoms. The van der Waals surface area contributed by atoms with Crippen molar-refractivity contribution in [3.63, 3.8) is 0 Å². The van der Waals surface area contributed by atoms with Gasteiger partial charge in [-0.25, -0.2) is 5.43 Å². The molecule has 0 bridgehead atoms. The van der Waals surface area contributed by atoms with Gasteiger partial charge in [0.1, 0.15) is 5.75 Å². The number of nitrogens with zero attached hydrogens (tertiary/aromatic N) is 1. The first kappa shape index (κ1) is 20.2. The van der Waals surface area contributed by atoms with Crippen molar-refractivity contribution in [3.05, 3.63) is 76.3 Å². The van der Waals surface area contributed by atoms with Gasteiger partial charge in [0.2, 0.25) is 5.91 Å². The van der Waals surface area contributed by atoms with E-state index in [1.54, 1.807) is 18.2 Å². The molecule has 0 saturated heterocycles. The second-order valence-corrected chi connectivity index (χ2v) is 7.16. The van der Waals surface area contributed by atoms with Gasteiger partial charge in [0, 0.05) is 11.4 Å². The number of ether oxygens (including phenoxy) is 1. The van der Waals surface area contributed by atoms with Crippen LogP contribution in [0.2, 0.25) is 10.0 Å². The Morgan fingerprint density at radius 3 is 2.61 bits per heavy atom. The minimum atomic E-state index is -0.161. The Kier molecular flexibility index (Phi) is 6.90. The van der Waals surface area contributed by atoms with Gasteiger partial charge >= 0.3 is 0 Å². The molecular formula is C22H20Cl2N2O2. The maximum Gasteiger partial charge on any atom is 0.240 e. The van der Waals surface area contributed by atoms with Crippen molar-refractivity contribution in [3.8, 4) is 5.75 Å². The summed E-state index contributed by atoms with van der Waals surface area (Å²) in [7, 11) is 0. The van der Waals surface area contributed by atoms with Crippen molar-refractivity contribution in [2.75, 3.05) is 6.61 Å². The Morgan fingerprint density at radius 1 is 1.04 bits per heavy atom. The SMILES string of the molecule is C/C(=N\NC(=O)CCCOc1ccc(Cl)cc1Cl)c1ccc2ccccc2c1. The number of nitrogens with one attached hydrogen (secondary N) is 1. The summed E-state index contributed by atoms with van der Waals surface area (Å²) >= 11 is 11.9. The largest absolute Gasteiger partial charge is 0.492 e. The van der Waals surface area contributed by atoms with Crippen LogP contribution in [0.25, 0.3) is 10.8 Å². The van der Waals surface area contributed by atoms with Crippen molar-refractivity contribution in [1.29, 1.82) is 0 Å². The molecule has 6 heteroatoms. The molecular weight excluding hydrogens is 395 g/mol. The Hall–Kier alpha value is -2.56. The molecule has 3 aromatic rings. The van der Waals surface area contributed by atoms with E-state index in [1.807, 2.05) is 31.2 Å². The Morgan fingerprint density at radius 2 is 1.82 bits per heavy atom. The maximum atomic E-state index is 12.0. The predicted molar refractivity (Wildman–Crippen MR) is 115 cm³/mol. The van der Waals surface area contributed by atoms with Crippen LogP contribution in [0.5, 0.6) is 5.75 Å². The molecule has 1 N–H and O–H groups in total. The molecule has 0 atom stereocenters. The molecule has 0 fully saturated rings. The number of hydrazone groups is 1. The fourth-order valence-electron chi connectivity index (χ4n) is 2.69. The summed E-state index contributed by atoms with van der Waals surface area (Å²) in [5.41, 5.74) is 4.32. The number of benzene rings is 3. The molecule has 0 unspecified atom stereocenters. The minimum absolute atomic E-state index is 0.161. The molecule has 0 heterocycles. The summed E-state index contributed by atoms with van der Waals surface area (Å²) < 4.78 is 5.57. The summed E-state index contributed by atoms with van der Waals surface area (Å²) in [6.07, 6.45) is 0.856. The van der Waals surface area contributed by atoms with Crippen molar-refractivity contribution in [2.45, 2.75) is 19.8 Å². The number of halogens is 2. The number of hydrogen-bond donors (Lipinski definition) is 1. The lowest BCUT2D eigenvalue weighted by atomic mass is 10.0. The average molecular weight is 415 g/mol. The standard InChI is InChI=1S/C22H20Cl2N2O2/c1-15(17-9-8-16-5-2-3-6-18(16)13-17)25-26-22(27)7-4-12-28-21-11-10-19(23)14-20(21)24/h2-3,5-6,8-11,13-14H,4,7,12H2,1H3,(H,26,27)/b25-15+. The van der Waals surface area contributed by atoms with Gasteiger partial charge in [-0.2, -0.15) is 5.10 Å². The highest BCUT2D eigenvalue weighted by Gasteiger charge is 2.05. The van der Waals surface area contributed by atoms with Crippen molar-refractivity contribution in [2.24, 2.45) is 5.10 Å². The van der Waals surface area contributed by atoms with E-state index in [0.717, 1.165) is 16.7 Å². The summed E-state index contributed by atoms with van der Waals surface area (Å²) in [6.45, 7) is 2.25. The number of carbonyl (C=O) groups is 1. The lowest BCUT2D eigenvalue weighted by molar-refractivity contribution is -0.121. The van der Waals surface area contributed by atoms with Crippen LogP contribution in [0.1, 0.15) is 25.3 Å². The third-order valence-electron chi connectivity index (χ3n) is 4.22. The van der Waals surface area contributed by atoms with Crippen LogP contribution in [0.4, 0.5) is 0 Å². The van der Waals surface area contributed by atoms with Gasteiger partial charge in [0.25, 0.3) is 0 Å². The predicted octanol–water partition coefficient (Wildman–Crippen LogP) is 5.85. The summed E-state index contributed by atoms with van der Waals surface area (Å²) in [5.74, 6) is 0.391. The zero-order valence-electron chi connectivity index (χ0n) is 15.4. The van der Waals surface area contributed by atoms with Crippen molar-refractivity contribution in [1.82, 2.24) is 5.43 Å². The highest BCUT2D eigenvalue weighted by molar-refractivity contribution is 6.35. The van der Waals surface area contributed by atoms with Gasteiger partial charge in [0.15, 0.2) is 0 Å². The third-order valence-corrected chi connectivity index (χ3v) is 4.75. The molecule has 3 rings (SSSR count). The number of amides is 1. The average Bonchev–Trinajstić information content (AvgIpc) is 2.70. The lowest BCUT2D eigenvalue weighted by Gasteiger charge is -2.08. The monoisotopic (exact) mass is 414 g/mol. The van der Waals surface area contributed by atoms with E-state index in [1.165, 1.54) is 5.39 Å². The highest BCUT2D eigenvalue weighted by Crippen LogP contribution is 2.27. The van der Waals surface area contributed by atoms with E-state index in [0.29, 0.717) is 35.2 Å². The van der Waals surface area contributed by atoms with Gasteiger partial charge in [0.05, 0.1) is 17.3 Å². The Bertz CT molecular complexity index is 1020. The molecule has 0 aliphatic heterocycles. The van der Waals surface area contributed by atoms with Gasteiger partial charge in [-0.3, -0.25) is 4.79 Å². The Balaban J connectivity index is 1.47. The summed E-state index contributed by atoms with van der Waals surface area (Å²) in [6, 6.07) is 19.3. The summed E-state index contributed by atoms with van der Waals surface area (Å²) in [5, 5.41) is 7.51. The van der Waals surface area contributed by atoms with E-state index in [9.17, 15) is 4.79 Å². The fraction of sp³-hybridized carbons (Fsp3) is 0.182. The molecule has 1 amide bonds. The maximum absolute atomic E-state index is 12.0. The van der Waals surface area contributed by atoms with E-state index < -0.39 is 0 Å². The van der Waals surface area contributed by atoms with Crippen LogP contribution < -0.4 is 10.2 Å². The molecule has 0 saturated carbocycles. The highest BCUT2D eigenvalue weighted by atomic mass is 35.5. The van der Waals surface area contributed by atoms with E-state index in [2.05, 4.69) is 28.7 Å². The second kappa shape index (κ2) is 9.58. The van der Waals surface area contributed by atoms with Crippen molar-refractivity contribution >= 4 is 45.6 Å². The normalized spacial score (nSPS) is 11.5. The van der Waals surface area contributed by atoms with Gasteiger partial charge in [-0.15, -0.1) is 0 Å². The van der Waals surface area contributed by atoms with E-state index in [4.69, 9.17) is 27.9 Å². The number of hydrogen-bond acceptors (Lipinski definition) is 3. The quantitative estimate of drug-likeness (QED) is 0.299. The fourth-order valence-corrected chi connectivity index (χ4v) is 3.15. The Labute approximate surface area is 174 Å². The van der Waals surface area contributed by atoms with E-state index >= 15 is 0 Å². The molecule has 144 valence electrons. The van der Waals surface area contributed by atoms with Crippen LogP contribution >= 0.6 is 23.2 Å². The number of rotatable bonds is 7. The summed E-state index contributed by atoms with van der Waals surface area (Å²) in [4.78, 5) is 12.0. The van der Waals surface area contributed by atoms with Crippen LogP contribution in [-0.2, 0) is 4.79 Å². The lowest BCUT2D eigenvalue weighted by Crippen LogP contribution is -2.19. The molecule has 0 aliphatic rings. The molecule has 0 aliphatic carbocycles. The van der Waals surface area contributed by atoms with Crippen LogP contribution in [0.3, 0.4) is 0 Å². The zero-order valence-corrected chi connectivity index (χ0v) is 16.9. The first-order valence-corrected chi connectivity index (χ1v) is 9.69. The van der Waals surface area contributed by atoms with Crippen LogP contribution in [0.15, 0.2) is 65.8 Å². The molecule has 3 aromatic carbocycles. The first-order valence-electron chi connectivity index (χ1n) is 8.93. The van der Waals surface area contributed by atoms with Gasteiger partial charge in [-0.05, 0) is 53.9 Å². The smallest absolute Gasteiger partial charge is 0.240 e. The third kappa shape index (κ3) is 5.47. The zero-order chi connectivity index (χ0) is 19.9. The minimum Gasteiger partial charge on any atom is -0.492 e. The molecule has 4 nitrogen and oxygen atoms in total. The number of carbonyl (C=O) groups excluding carboxylic acids is 1. The van der Waals surface area contributed by atoms with Crippen LogP contribution in [-0.4, -0.2) is 18.2 Å². The molecule has 0 radical (unpaired) electrons. The topological polar surface area (TPSA) is 50.7 Å². The van der Waals surface area contributed by atoms with Crippen LogP contribution in [0, 0.1) is 0 Å². The van der Waals surface area contributed by atoms with Gasteiger partial charge in [-0.1, -0.05) is 59.6 Å². The van der Waals surface area contributed by atoms with E-state index in [-0.39, 0.29) is 5.91 Å². The first-order chi connectivity index (χ1) is 13.5. The molecule has 0 aromatic heterocycles. The number of fused-ring (bicyclic) bond motifs is 1. The molecule has 28 heavy (non-hydrogen) atoms.